The smallest absolute Gasteiger partial charge is 0.0524 e. The molecule has 0 unspecified atom stereocenters. The summed E-state index contributed by atoms with van der Waals surface area (Å²) in [4.78, 5) is 0. The van der Waals surface area contributed by atoms with Crippen molar-refractivity contribution in [3.8, 4) is 0 Å². The lowest BCUT2D eigenvalue weighted by Crippen LogP contribution is -2.29. The number of hydrogen-bond acceptors (Lipinski definition) is 0. The standard InChI is InChI=1S/C8H20Si.C2H10Si2/c1-5-9(6-2,7-3)8-4;1-2-4-3/h5-8H2,1-4H3;2,4H2,1,3H3. The van der Waals surface area contributed by atoms with Crippen LogP contribution in [-0.4, -0.2) is 26.9 Å². The first-order valence-corrected chi connectivity index (χ1v) is 15.6. The third-order valence-electron chi connectivity index (χ3n) is 3.50. The Morgan fingerprint density at radius 2 is 1.08 bits per heavy atom. The van der Waals surface area contributed by atoms with Crippen LogP contribution in [0.3, 0.4) is 0 Å². The van der Waals surface area contributed by atoms with E-state index in [1.165, 1.54) is 40.0 Å². The Labute approximate surface area is 91.9 Å². The molecule has 0 bridgehead atoms. The van der Waals surface area contributed by atoms with Crippen LogP contribution in [0.1, 0.15) is 34.6 Å². The molecule has 0 heterocycles. The Hall–Kier alpha value is 0.651. The van der Waals surface area contributed by atoms with Crippen LogP contribution in [0.2, 0.25) is 30.2 Å². The van der Waals surface area contributed by atoms with Gasteiger partial charge in [0.25, 0.3) is 0 Å². The summed E-state index contributed by atoms with van der Waals surface area (Å²) < 4.78 is 0. The summed E-state index contributed by atoms with van der Waals surface area (Å²) in [6, 6.07) is 7.45. The summed E-state index contributed by atoms with van der Waals surface area (Å²) in [5.41, 5.74) is 0. The predicted molar refractivity (Wildman–Crippen MR) is 76.6 cm³/mol. The fourth-order valence-electron chi connectivity index (χ4n) is 1.50. The molecular weight excluding hydrogens is 204 g/mol. The van der Waals surface area contributed by atoms with E-state index in [4.69, 9.17) is 0 Å². The Balaban J connectivity index is 0. The van der Waals surface area contributed by atoms with Crippen LogP contribution in [0.15, 0.2) is 0 Å². The molecule has 0 aromatic heterocycles. The second kappa shape index (κ2) is 10.7. The average molecular weight is 235 g/mol. The van der Waals surface area contributed by atoms with Crippen LogP contribution < -0.4 is 0 Å². The maximum atomic E-state index is 2.36. The Morgan fingerprint density at radius 3 is 1.08 bits per heavy atom. The van der Waals surface area contributed by atoms with Crippen molar-refractivity contribution in [2.24, 2.45) is 0 Å². The first-order valence-electron chi connectivity index (χ1n) is 6.16. The highest BCUT2D eigenvalue weighted by molar-refractivity contribution is 6.89. The van der Waals surface area contributed by atoms with Crippen molar-refractivity contribution < 1.29 is 0 Å². The molecule has 0 fully saturated rings. The third kappa shape index (κ3) is 7.70. The molecule has 0 N–H and O–H groups in total. The summed E-state index contributed by atoms with van der Waals surface area (Å²) in [5.74, 6) is 0. The molecule has 0 nitrogen and oxygen atoms in total. The monoisotopic (exact) mass is 234 g/mol. The lowest BCUT2D eigenvalue weighted by Gasteiger charge is -2.25. The highest BCUT2D eigenvalue weighted by Gasteiger charge is 2.23. The zero-order valence-corrected chi connectivity index (χ0v) is 15.2. The van der Waals surface area contributed by atoms with Crippen LogP contribution in [-0.2, 0) is 0 Å². The van der Waals surface area contributed by atoms with E-state index in [9.17, 15) is 0 Å². The fourth-order valence-corrected chi connectivity index (χ4v) is 4.50. The summed E-state index contributed by atoms with van der Waals surface area (Å²) >= 11 is 0. The van der Waals surface area contributed by atoms with Crippen molar-refractivity contribution in [1.82, 2.24) is 0 Å². The minimum Gasteiger partial charge on any atom is -0.0685 e. The molecule has 82 valence electrons. The van der Waals surface area contributed by atoms with Crippen LogP contribution in [0, 0.1) is 0 Å². The van der Waals surface area contributed by atoms with Crippen molar-refractivity contribution in [3.05, 3.63) is 0 Å². The molecule has 0 rings (SSSR count). The molecule has 0 aliphatic carbocycles. The number of hydrogen-bond donors (Lipinski definition) is 0. The Kier molecular flexibility index (Phi) is 13.3. The Bertz CT molecular complexity index is 70.7. The van der Waals surface area contributed by atoms with Gasteiger partial charge in [-0.1, -0.05) is 64.8 Å². The van der Waals surface area contributed by atoms with Gasteiger partial charge in [-0.3, -0.25) is 0 Å². The quantitative estimate of drug-likeness (QED) is 0.641. The molecule has 0 aliphatic heterocycles. The first-order chi connectivity index (χ1) is 6.16. The highest BCUT2D eigenvalue weighted by atomic mass is 29.1. The van der Waals surface area contributed by atoms with E-state index in [-0.39, 0.29) is 0 Å². The molecule has 0 aromatic rings. The van der Waals surface area contributed by atoms with Crippen molar-refractivity contribution in [3.63, 3.8) is 0 Å². The summed E-state index contributed by atoms with van der Waals surface area (Å²) in [6.07, 6.45) is 0. The zero-order chi connectivity index (χ0) is 10.7. The van der Waals surface area contributed by atoms with Crippen molar-refractivity contribution in [1.29, 1.82) is 0 Å². The molecule has 0 saturated carbocycles. The molecule has 0 atom stereocenters. The van der Waals surface area contributed by atoms with Crippen LogP contribution in [0.4, 0.5) is 0 Å². The van der Waals surface area contributed by atoms with Gasteiger partial charge in [0.15, 0.2) is 0 Å². The van der Waals surface area contributed by atoms with Gasteiger partial charge in [-0.15, -0.1) is 0 Å². The van der Waals surface area contributed by atoms with Crippen LogP contribution in [0.25, 0.3) is 0 Å². The second-order valence-corrected chi connectivity index (χ2v) is 14.7. The topological polar surface area (TPSA) is 0 Å². The average Bonchev–Trinajstić information content (AvgIpc) is 2.23. The van der Waals surface area contributed by atoms with E-state index in [2.05, 4.69) is 34.6 Å². The van der Waals surface area contributed by atoms with Gasteiger partial charge in [-0.25, -0.2) is 0 Å². The molecule has 3 heteroatoms. The van der Waals surface area contributed by atoms with Crippen LogP contribution in [0.5, 0.6) is 0 Å². The van der Waals surface area contributed by atoms with Gasteiger partial charge in [0.1, 0.15) is 0 Å². The molecule has 0 spiro atoms. The molecule has 0 radical (unpaired) electrons. The molecule has 13 heavy (non-hydrogen) atoms. The van der Waals surface area contributed by atoms with E-state index in [1.807, 2.05) is 0 Å². The van der Waals surface area contributed by atoms with E-state index in [1.54, 1.807) is 0 Å². The third-order valence-corrected chi connectivity index (χ3v) is 13.5. The van der Waals surface area contributed by atoms with Gasteiger partial charge >= 0.3 is 0 Å². The largest absolute Gasteiger partial charge is 0.0685 e. The Morgan fingerprint density at radius 1 is 0.846 bits per heavy atom. The van der Waals surface area contributed by atoms with E-state index >= 15 is 0 Å². The van der Waals surface area contributed by atoms with Gasteiger partial charge in [0.05, 0.1) is 8.07 Å². The highest BCUT2D eigenvalue weighted by Crippen LogP contribution is 2.23. The van der Waals surface area contributed by atoms with E-state index < -0.39 is 8.07 Å². The molecule has 0 aromatic carbocycles. The lowest BCUT2D eigenvalue weighted by molar-refractivity contribution is 1.11. The number of rotatable bonds is 5. The van der Waals surface area contributed by atoms with Crippen LogP contribution >= 0.6 is 0 Å². The fraction of sp³-hybridized carbons (Fsp3) is 1.00. The molecule has 0 amide bonds. The van der Waals surface area contributed by atoms with Gasteiger partial charge in [-0.2, -0.15) is 0 Å². The first kappa shape index (κ1) is 16.1. The normalized spacial score (nSPS) is 11.8. The van der Waals surface area contributed by atoms with Crippen molar-refractivity contribution in [2.75, 3.05) is 0 Å². The minimum atomic E-state index is -0.691. The zero-order valence-electron chi connectivity index (χ0n) is 10.7. The SMILES string of the molecule is CC[SiH2][SiH3].CC[Si](CC)(CC)CC. The summed E-state index contributed by atoms with van der Waals surface area (Å²) in [6.45, 7) is 11.7. The van der Waals surface area contributed by atoms with Gasteiger partial charge in [0, 0.05) is 9.04 Å². The minimum absolute atomic E-state index is 0.563. The molecule has 0 saturated heterocycles. The van der Waals surface area contributed by atoms with E-state index in [0.717, 1.165) is 0 Å². The van der Waals surface area contributed by atoms with Crippen molar-refractivity contribution in [2.45, 2.75) is 64.8 Å². The predicted octanol–water partition coefficient (Wildman–Crippen LogP) is 2.39. The maximum Gasteiger partial charge on any atom is 0.0524 e. The van der Waals surface area contributed by atoms with Gasteiger partial charge < -0.3 is 0 Å². The lowest BCUT2D eigenvalue weighted by atomic mass is 10.9. The molecular formula is C10H30Si3. The second-order valence-electron chi connectivity index (χ2n) is 3.91. The van der Waals surface area contributed by atoms with Gasteiger partial charge in [0.2, 0.25) is 0 Å². The van der Waals surface area contributed by atoms with E-state index in [0.29, 0.717) is 9.04 Å². The van der Waals surface area contributed by atoms with Crippen molar-refractivity contribution >= 4 is 26.9 Å². The van der Waals surface area contributed by atoms with Gasteiger partial charge in [-0.05, 0) is 9.76 Å². The molecule has 0 aliphatic rings. The maximum absolute atomic E-state index is 2.36. The summed E-state index contributed by atoms with van der Waals surface area (Å²) in [7, 11) is 1.40. The summed E-state index contributed by atoms with van der Waals surface area (Å²) in [5, 5.41) is 0.